The molecule has 0 unspecified atom stereocenters. The van der Waals surface area contributed by atoms with Gasteiger partial charge in [0.1, 0.15) is 0 Å². The maximum atomic E-state index is 12.3. The Labute approximate surface area is 182 Å². The van der Waals surface area contributed by atoms with Crippen molar-refractivity contribution in [3.05, 3.63) is 55.4 Å². The number of halogens is 5. The standard InChI is InChI=1S/C18H16Cl5N3O/c19-12-2-1-11(7-13(12)20)26-5-3-25(4-6-26)10-18(27)24-17-9-15(22)14(21)8-16(17)23/h1-2,7-9H,3-6,10H2,(H,24,27). The molecule has 1 fully saturated rings. The van der Waals surface area contributed by atoms with E-state index in [1.807, 2.05) is 12.1 Å². The molecule has 0 bridgehead atoms. The molecule has 2 aromatic carbocycles. The molecule has 0 spiro atoms. The summed E-state index contributed by atoms with van der Waals surface area (Å²) in [4.78, 5) is 16.6. The summed E-state index contributed by atoms with van der Waals surface area (Å²) in [5.74, 6) is -0.154. The van der Waals surface area contributed by atoms with E-state index in [0.717, 1.165) is 31.9 Å². The zero-order valence-electron chi connectivity index (χ0n) is 14.1. The third-order valence-electron chi connectivity index (χ3n) is 4.29. The first kappa shape index (κ1) is 20.8. The maximum absolute atomic E-state index is 12.3. The molecule has 1 saturated heterocycles. The van der Waals surface area contributed by atoms with Gasteiger partial charge in [0.2, 0.25) is 5.91 Å². The van der Waals surface area contributed by atoms with Crippen LogP contribution in [0.4, 0.5) is 11.4 Å². The number of carbonyl (C=O) groups excluding carboxylic acids is 1. The SMILES string of the molecule is O=C(CN1CCN(c2ccc(Cl)c(Cl)c2)CC1)Nc1cc(Cl)c(Cl)cc1Cl. The van der Waals surface area contributed by atoms with E-state index in [1.165, 1.54) is 6.07 Å². The van der Waals surface area contributed by atoms with E-state index >= 15 is 0 Å². The van der Waals surface area contributed by atoms with Crippen LogP contribution in [0.3, 0.4) is 0 Å². The predicted octanol–water partition coefficient (Wildman–Crippen LogP) is 5.71. The second kappa shape index (κ2) is 9.08. The molecule has 1 aliphatic heterocycles. The third kappa shape index (κ3) is 5.35. The smallest absolute Gasteiger partial charge is 0.238 e. The summed E-state index contributed by atoms with van der Waals surface area (Å²) in [5.41, 5.74) is 1.47. The number of piperazine rings is 1. The molecule has 3 rings (SSSR count). The van der Waals surface area contributed by atoms with Crippen LogP contribution in [0.1, 0.15) is 0 Å². The Bertz CT molecular complexity index is 853. The van der Waals surface area contributed by atoms with Gasteiger partial charge in [0.05, 0.1) is 37.3 Å². The van der Waals surface area contributed by atoms with Crippen molar-refractivity contribution in [2.45, 2.75) is 0 Å². The highest BCUT2D eigenvalue weighted by Crippen LogP contribution is 2.32. The number of benzene rings is 2. The summed E-state index contributed by atoms with van der Waals surface area (Å²) in [6.07, 6.45) is 0. The first-order valence-electron chi connectivity index (χ1n) is 8.20. The molecule has 0 radical (unpaired) electrons. The minimum atomic E-state index is -0.154. The van der Waals surface area contributed by atoms with Crippen molar-refractivity contribution in [2.75, 3.05) is 42.9 Å². The summed E-state index contributed by atoms with van der Waals surface area (Å²) < 4.78 is 0. The molecule has 1 amide bonds. The number of nitrogens with zero attached hydrogens (tertiary/aromatic N) is 2. The molecule has 0 saturated carbocycles. The Hall–Kier alpha value is -0.880. The van der Waals surface area contributed by atoms with E-state index in [1.54, 1.807) is 12.1 Å². The predicted molar refractivity (Wildman–Crippen MR) is 115 cm³/mol. The molecule has 0 atom stereocenters. The molecule has 1 heterocycles. The number of nitrogens with one attached hydrogen (secondary N) is 1. The number of anilines is 2. The van der Waals surface area contributed by atoms with Gasteiger partial charge in [-0.15, -0.1) is 0 Å². The van der Waals surface area contributed by atoms with E-state index in [0.29, 0.717) is 30.8 Å². The fourth-order valence-electron chi connectivity index (χ4n) is 2.86. The summed E-state index contributed by atoms with van der Waals surface area (Å²) >= 11 is 30.0. The number of carbonyl (C=O) groups is 1. The van der Waals surface area contributed by atoms with Gasteiger partial charge in [-0.1, -0.05) is 58.0 Å². The van der Waals surface area contributed by atoms with Gasteiger partial charge in [0, 0.05) is 31.9 Å². The molecular weight excluding hydrogens is 451 g/mol. The number of rotatable bonds is 4. The summed E-state index contributed by atoms with van der Waals surface area (Å²) in [5, 5.41) is 4.89. The maximum Gasteiger partial charge on any atom is 0.238 e. The second-order valence-corrected chi connectivity index (χ2v) is 8.19. The average molecular weight is 468 g/mol. The Morgan fingerprint density at radius 3 is 2.11 bits per heavy atom. The molecule has 1 N–H and O–H groups in total. The minimum absolute atomic E-state index is 0.154. The first-order chi connectivity index (χ1) is 12.8. The van der Waals surface area contributed by atoms with Gasteiger partial charge in [0.25, 0.3) is 0 Å². The van der Waals surface area contributed by atoms with E-state index in [4.69, 9.17) is 58.0 Å². The zero-order valence-corrected chi connectivity index (χ0v) is 17.9. The van der Waals surface area contributed by atoms with Crippen LogP contribution in [0.2, 0.25) is 25.1 Å². The molecular formula is C18H16Cl5N3O. The largest absolute Gasteiger partial charge is 0.369 e. The van der Waals surface area contributed by atoms with Gasteiger partial charge in [-0.2, -0.15) is 0 Å². The first-order valence-corrected chi connectivity index (χ1v) is 10.1. The number of amides is 1. The lowest BCUT2D eigenvalue weighted by atomic mass is 10.2. The monoisotopic (exact) mass is 465 g/mol. The number of hydrogen-bond acceptors (Lipinski definition) is 3. The highest BCUT2D eigenvalue weighted by Gasteiger charge is 2.20. The minimum Gasteiger partial charge on any atom is -0.369 e. The normalized spacial score (nSPS) is 15.1. The van der Waals surface area contributed by atoms with Crippen LogP contribution < -0.4 is 10.2 Å². The lowest BCUT2D eigenvalue weighted by molar-refractivity contribution is -0.117. The molecule has 1 aliphatic rings. The van der Waals surface area contributed by atoms with Crippen molar-refractivity contribution < 1.29 is 4.79 Å². The molecule has 4 nitrogen and oxygen atoms in total. The third-order valence-corrected chi connectivity index (χ3v) is 6.07. The van der Waals surface area contributed by atoms with E-state index in [-0.39, 0.29) is 12.5 Å². The lowest BCUT2D eigenvalue weighted by Crippen LogP contribution is -2.48. The average Bonchev–Trinajstić information content (AvgIpc) is 2.62. The Morgan fingerprint density at radius 2 is 1.44 bits per heavy atom. The second-order valence-electron chi connectivity index (χ2n) is 6.16. The van der Waals surface area contributed by atoms with Crippen LogP contribution in [0.5, 0.6) is 0 Å². The van der Waals surface area contributed by atoms with Crippen molar-refractivity contribution in [1.29, 1.82) is 0 Å². The Morgan fingerprint density at radius 1 is 0.815 bits per heavy atom. The molecule has 0 aromatic heterocycles. The van der Waals surface area contributed by atoms with Crippen LogP contribution in [0.15, 0.2) is 30.3 Å². The van der Waals surface area contributed by atoms with Crippen molar-refractivity contribution in [3.63, 3.8) is 0 Å². The molecule has 2 aromatic rings. The quantitative estimate of drug-likeness (QED) is 0.585. The van der Waals surface area contributed by atoms with Crippen LogP contribution in [0, 0.1) is 0 Å². The van der Waals surface area contributed by atoms with E-state index in [2.05, 4.69) is 15.1 Å². The van der Waals surface area contributed by atoms with Crippen molar-refractivity contribution in [3.8, 4) is 0 Å². The highest BCUT2D eigenvalue weighted by molar-refractivity contribution is 6.44. The van der Waals surface area contributed by atoms with Gasteiger partial charge < -0.3 is 10.2 Å². The molecule has 9 heteroatoms. The van der Waals surface area contributed by atoms with Crippen LogP contribution in [-0.2, 0) is 4.79 Å². The van der Waals surface area contributed by atoms with Crippen LogP contribution in [0.25, 0.3) is 0 Å². The lowest BCUT2D eigenvalue weighted by Gasteiger charge is -2.35. The van der Waals surface area contributed by atoms with Gasteiger partial charge in [-0.3, -0.25) is 9.69 Å². The summed E-state index contributed by atoms with van der Waals surface area (Å²) in [6, 6.07) is 8.66. The van der Waals surface area contributed by atoms with Crippen LogP contribution >= 0.6 is 58.0 Å². The fraction of sp³-hybridized carbons (Fsp3) is 0.278. The molecule has 144 valence electrons. The van der Waals surface area contributed by atoms with Crippen molar-refractivity contribution in [1.82, 2.24) is 4.90 Å². The topological polar surface area (TPSA) is 35.6 Å². The van der Waals surface area contributed by atoms with Gasteiger partial charge in [-0.05, 0) is 30.3 Å². The summed E-state index contributed by atoms with van der Waals surface area (Å²) in [6.45, 7) is 3.36. The number of hydrogen-bond donors (Lipinski definition) is 1. The van der Waals surface area contributed by atoms with Gasteiger partial charge >= 0.3 is 0 Å². The van der Waals surface area contributed by atoms with Gasteiger partial charge in [0.15, 0.2) is 0 Å². The van der Waals surface area contributed by atoms with Gasteiger partial charge in [-0.25, -0.2) is 0 Å². The van der Waals surface area contributed by atoms with Crippen molar-refractivity contribution >= 4 is 75.3 Å². The van der Waals surface area contributed by atoms with E-state index < -0.39 is 0 Å². The highest BCUT2D eigenvalue weighted by atomic mass is 35.5. The molecule has 0 aliphatic carbocycles. The van der Waals surface area contributed by atoms with E-state index in [9.17, 15) is 4.79 Å². The Kier molecular flexibility index (Phi) is 7.01. The van der Waals surface area contributed by atoms with Crippen LogP contribution in [-0.4, -0.2) is 43.5 Å². The fourth-order valence-corrected chi connectivity index (χ4v) is 3.74. The zero-order chi connectivity index (χ0) is 19.6. The Balaban J connectivity index is 1.53. The molecule has 27 heavy (non-hydrogen) atoms. The van der Waals surface area contributed by atoms with Crippen molar-refractivity contribution in [2.24, 2.45) is 0 Å². The summed E-state index contributed by atoms with van der Waals surface area (Å²) in [7, 11) is 0.